The number of thioether (sulfide) groups is 2. The van der Waals surface area contributed by atoms with Crippen molar-refractivity contribution in [3.8, 4) is 5.75 Å². The number of benzene rings is 1. The lowest BCUT2D eigenvalue weighted by Gasteiger charge is -2.19. The molecular weight excluding hydrogens is 368 g/mol. The molecule has 0 saturated carbocycles. The Balaban J connectivity index is 1.27. The lowest BCUT2D eigenvalue weighted by molar-refractivity contribution is -0.137. The Bertz CT molecular complexity index is 593. The fraction of sp³-hybridized carbons (Fsp3) is 0.650. The second-order valence-electron chi connectivity index (χ2n) is 6.83. The van der Waals surface area contributed by atoms with Crippen LogP contribution in [0, 0.1) is 0 Å². The van der Waals surface area contributed by atoms with E-state index in [-0.39, 0.29) is 11.9 Å². The summed E-state index contributed by atoms with van der Waals surface area (Å²) in [5, 5.41) is 9.22. The molecule has 1 N–H and O–H groups in total. The molecule has 0 bridgehead atoms. The number of rotatable bonds is 10. The Kier molecular flexibility index (Phi) is 8.02. The molecule has 2 aliphatic rings. The summed E-state index contributed by atoms with van der Waals surface area (Å²) in [7, 11) is 0. The summed E-state index contributed by atoms with van der Waals surface area (Å²) in [5.74, 6) is 2.50. The van der Waals surface area contributed by atoms with Gasteiger partial charge in [0.25, 0.3) is 0 Å². The second kappa shape index (κ2) is 10.5. The zero-order valence-corrected chi connectivity index (χ0v) is 16.8. The quantitative estimate of drug-likeness (QED) is 0.592. The van der Waals surface area contributed by atoms with Gasteiger partial charge in [0.05, 0.1) is 13.2 Å². The maximum Gasteiger partial charge on any atom is 0.303 e. The van der Waals surface area contributed by atoms with Crippen molar-refractivity contribution in [1.82, 2.24) is 0 Å². The largest absolute Gasteiger partial charge is 0.493 e. The standard InChI is InChI=1S/C20H28O4S2/c21-19(22)9-10-20-24-13-16(26-20)14-25-12-4-11-23-18-8-3-6-15-5-1-2-7-17(15)18/h3,6,8,16,20H,1-2,4-5,7,9-14H2,(H,21,22). The van der Waals surface area contributed by atoms with Crippen molar-refractivity contribution in [3.05, 3.63) is 29.3 Å². The molecule has 26 heavy (non-hydrogen) atoms. The summed E-state index contributed by atoms with van der Waals surface area (Å²) in [6, 6.07) is 6.47. The molecule has 1 saturated heterocycles. The van der Waals surface area contributed by atoms with Gasteiger partial charge in [-0.15, -0.1) is 11.8 Å². The van der Waals surface area contributed by atoms with Crippen molar-refractivity contribution in [2.45, 2.75) is 55.6 Å². The van der Waals surface area contributed by atoms with E-state index in [1.165, 1.54) is 30.4 Å². The first-order valence-electron chi connectivity index (χ1n) is 9.52. The molecular formula is C20H28O4S2. The van der Waals surface area contributed by atoms with Crippen LogP contribution in [0.25, 0.3) is 0 Å². The van der Waals surface area contributed by atoms with Gasteiger partial charge in [0.2, 0.25) is 0 Å². The molecule has 1 aliphatic carbocycles. The minimum absolute atomic E-state index is 0.0595. The van der Waals surface area contributed by atoms with Gasteiger partial charge in [0.1, 0.15) is 11.2 Å². The Morgan fingerprint density at radius 2 is 2.23 bits per heavy atom. The van der Waals surface area contributed by atoms with Crippen molar-refractivity contribution in [1.29, 1.82) is 0 Å². The molecule has 3 rings (SSSR count). The minimum atomic E-state index is -0.744. The fourth-order valence-corrected chi connectivity index (χ4v) is 5.88. The molecule has 2 unspecified atom stereocenters. The summed E-state index contributed by atoms with van der Waals surface area (Å²) in [6.07, 6.45) is 6.77. The van der Waals surface area contributed by atoms with Crippen LogP contribution in [0.5, 0.6) is 5.75 Å². The normalized spacial score (nSPS) is 22.2. The molecule has 1 aromatic carbocycles. The van der Waals surface area contributed by atoms with Gasteiger partial charge < -0.3 is 14.6 Å². The van der Waals surface area contributed by atoms with E-state index in [1.807, 2.05) is 11.8 Å². The van der Waals surface area contributed by atoms with E-state index in [0.29, 0.717) is 11.7 Å². The first kappa shape index (κ1) is 19.9. The number of carbonyl (C=O) groups is 1. The smallest absolute Gasteiger partial charge is 0.303 e. The molecule has 6 heteroatoms. The van der Waals surface area contributed by atoms with Gasteiger partial charge in [-0.05, 0) is 61.5 Å². The van der Waals surface area contributed by atoms with Crippen molar-refractivity contribution in [2.24, 2.45) is 0 Å². The number of hydrogen-bond donors (Lipinski definition) is 1. The summed E-state index contributed by atoms with van der Waals surface area (Å²) in [5.41, 5.74) is 2.96. The molecule has 0 radical (unpaired) electrons. The highest BCUT2D eigenvalue weighted by Crippen LogP contribution is 2.33. The maximum absolute atomic E-state index is 10.6. The lowest BCUT2D eigenvalue weighted by Crippen LogP contribution is -2.09. The van der Waals surface area contributed by atoms with Crippen LogP contribution in [0.3, 0.4) is 0 Å². The molecule has 0 aromatic heterocycles. The summed E-state index contributed by atoms with van der Waals surface area (Å²) in [6.45, 7) is 1.52. The van der Waals surface area contributed by atoms with E-state index in [1.54, 1.807) is 11.8 Å². The number of carboxylic acids is 1. The highest BCUT2D eigenvalue weighted by Gasteiger charge is 2.26. The van der Waals surface area contributed by atoms with E-state index < -0.39 is 5.97 Å². The Labute approximate surface area is 164 Å². The second-order valence-corrected chi connectivity index (χ2v) is 9.45. The summed E-state index contributed by atoms with van der Waals surface area (Å²) < 4.78 is 11.7. The Morgan fingerprint density at radius 1 is 1.35 bits per heavy atom. The topological polar surface area (TPSA) is 55.8 Å². The van der Waals surface area contributed by atoms with E-state index in [0.717, 1.165) is 43.3 Å². The molecule has 1 fully saturated rings. The zero-order chi connectivity index (χ0) is 18.2. The number of hydrogen-bond acceptors (Lipinski definition) is 5. The molecule has 1 heterocycles. The van der Waals surface area contributed by atoms with Crippen LogP contribution in [-0.2, 0) is 22.4 Å². The van der Waals surface area contributed by atoms with E-state index in [4.69, 9.17) is 14.6 Å². The molecule has 144 valence electrons. The first-order chi connectivity index (χ1) is 12.7. The van der Waals surface area contributed by atoms with Crippen LogP contribution in [0.4, 0.5) is 0 Å². The fourth-order valence-electron chi connectivity index (χ4n) is 3.43. The van der Waals surface area contributed by atoms with Crippen molar-refractivity contribution >= 4 is 29.5 Å². The van der Waals surface area contributed by atoms with Crippen LogP contribution in [0.2, 0.25) is 0 Å². The number of fused-ring (bicyclic) bond motifs is 1. The first-order valence-corrected chi connectivity index (χ1v) is 11.6. The number of ether oxygens (including phenoxy) is 2. The van der Waals surface area contributed by atoms with E-state index >= 15 is 0 Å². The third kappa shape index (κ3) is 6.10. The van der Waals surface area contributed by atoms with Crippen LogP contribution in [-0.4, -0.2) is 46.5 Å². The van der Waals surface area contributed by atoms with Crippen LogP contribution >= 0.6 is 23.5 Å². The number of aliphatic carboxylic acids is 1. The van der Waals surface area contributed by atoms with Gasteiger partial charge in [-0.1, -0.05) is 12.1 Å². The van der Waals surface area contributed by atoms with Gasteiger partial charge >= 0.3 is 5.97 Å². The van der Waals surface area contributed by atoms with Gasteiger partial charge in [-0.2, -0.15) is 11.8 Å². The van der Waals surface area contributed by atoms with Gasteiger partial charge in [-0.3, -0.25) is 4.79 Å². The molecule has 0 amide bonds. The van der Waals surface area contributed by atoms with E-state index in [9.17, 15) is 4.79 Å². The summed E-state index contributed by atoms with van der Waals surface area (Å²) >= 11 is 3.73. The highest BCUT2D eigenvalue weighted by atomic mass is 32.2. The van der Waals surface area contributed by atoms with Gasteiger partial charge in [0, 0.05) is 17.4 Å². The average Bonchev–Trinajstić information content (AvgIpc) is 3.11. The predicted molar refractivity (Wildman–Crippen MR) is 109 cm³/mol. The maximum atomic E-state index is 10.6. The van der Waals surface area contributed by atoms with Gasteiger partial charge in [0.15, 0.2) is 0 Å². The predicted octanol–water partition coefficient (Wildman–Crippen LogP) is 4.39. The molecule has 0 spiro atoms. The monoisotopic (exact) mass is 396 g/mol. The Hall–Kier alpha value is -0.850. The van der Waals surface area contributed by atoms with Gasteiger partial charge in [-0.25, -0.2) is 0 Å². The molecule has 4 nitrogen and oxygen atoms in total. The zero-order valence-electron chi connectivity index (χ0n) is 15.2. The highest BCUT2D eigenvalue weighted by molar-refractivity contribution is 8.03. The minimum Gasteiger partial charge on any atom is -0.493 e. The van der Waals surface area contributed by atoms with Crippen LogP contribution in [0.15, 0.2) is 18.2 Å². The van der Waals surface area contributed by atoms with Crippen molar-refractivity contribution < 1.29 is 19.4 Å². The molecule has 2 atom stereocenters. The summed E-state index contributed by atoms with van der Waals surface area (Å²) in [4.78, 5) is 10.6. The lowest BCUT2D eigenvalue weighted by atomic mass is 9.91. The third-order valence-electron chi connectivity index (χ3n) is 4.75. The number of carboxylic acid groups (broad SMARTS) is 1. The van der Waals surface area contributed by atoms with Crippen LogP contribution < -0.4 is 4.74 Å². The van der Waals surface area contributed by atoms with E-state index in [2.05, 4.69) is 18.2 Å². The third-order valence-corrected chi connectivity index (χ3v) is 7.54. The SMILES string of the molecule is O=C(O)CCC1OCC(CSCCCOc2cccc3c2CCCC3)S1. The number of aryl methyl sites for hydroxylation is 1. The van der Waals surface area contributed by atoms with Crippen molar-refractivity contribution in [3.63, 3.8) is 0 Å². The molecule has 1 aliphatic heterocycles. The van der Waals surface area contributed by atoms with Crippen LogP contribution in [0.1, 0.15) is 43.2 Å². The van der Waals surface area contributed by atoms with Crippen molar-refractivity contribution in [2.75, 3.05) is 24.7 Å². The molecule has 1 aromatic rings. The average molecular weight is 397 g/mol. The Morgan fingerprint density at radius 3 is 3.12 bits per heavy atom.